The second-order valence-electron chi connectivity index (χ2n) is 7.06. The van der Waals surface area contributed by atoms with Gasteiger partial charge in [-0.1, -0.05) is 29.4 Å². The van der Waals surface area contributed by atoms with Crippen molar-refractivity contribution >= 4 is 46.3 Å². The maximum atomic E-state index is 12.4. The average Bonchev–Trinajstić information content (AvgIpc) is 3.33. The molecule has 0 aliphatic heterocycles. The fourth-order valence-electron chi connectivity index (χ4n) is 3.62. The minimum atomic E-state index is -0.0829. The normalized spacial score (nSPS) is 13.3. The van der Waals surface area contributed by atoms with Gasteiger partial charge in [-0.15, -0.1) is 21.5 Å². The summed E-state index contributed by atoms with van der Waals surface area (Å²) in [6.45, 7) is 4.75. The number of nitrogens with one attached hydrogen (secondary N) is 1. The number of fused-ring (bicyclic) bond motifs is 1. The molecule has 1 aliphatic carbocycles. The quantitative estimate of drug-likeness (QED) is 0.501. The Labute approximate surface area is 183 Å². The molecule has 152 valence electrons. The molecule has 0 spiro atoms. The van der Waals surface area contributed by atoms with Crippen LogP contribution in [0.15, 0.2) is 28.7 Å². The van der Waals surface area contributed by atoms with Crippen molar-refractivity contribution in [1.29, 1.82) is 0 Å². The van der Waals surface area contributed by atoms with E-state index in [1.54, 1.807) is 0 Å². The van der Waals surface area contributed by atoms with Gasteiger partial charge in [0, 0.05) is 33.1 Å². The van der Waals surface area contributed by atoms with Gasteiger partial charge in [-0.05, 0) is 62.8 Å². The first-order chi connectivity index (χ1) is 14.1. The summed E-state index contributed by atoms with van der Waals surface area (Å²) in [5.41, 5.74) is 4.26. The number of thioether (sulfide) groups is 1. The minimum Gasteiger partial charge on any atom is -0.325 e. The van der Waals surface area contributed by atoms with E-state index >= 15 is 0 Å². The van der Waals surface area contributed by atoms with Crippen molar-refractivity contribution in [2.75, 3.05) is 11.1 Å². The SMILES string of the molecule is CCn1c(SCC(=O)Nc2cccc(Cl)c2C)nnc1-c1csc2c1CCCC2. The molecule has 0 saturated carbocycles. The highest BCUT2D eigenvalue weighted by Crippen LogP contribution is 2.36. The number of hydrogen-bond donors (Lipinski definition) is 1. The van der Waals surface area contributed by atoms with Crippen molar-refractivity contribution in [3.8, 4) is 11.4 Å². The van der Waals surface area contributed by atoms with Gasteiger partial charge in [-0.3, -0.25) is 4.79 Å². The third-order valence-corrected chi connectivity index (χ3v) is 7.67. The van der Waals surface area contributed by atoms with Crippen LogP contribution in [-0.4, -0.2) is 26.4 Å². The molecule has 0 radical (unpaired) electrons. The Balaban J connectivity index is 1.48. The van der Waals surface area contributed by atoms with Crippen LogP contribution in [0.5, 0.6) is 0 Å². The zero-order valence-electron chi connectivity index (χ0n) is 16.5. The highest BCUT2D eigenvalue weighted by atomic mass is 35.5. The van der Waals surface area contributed by atoms with Crippen molar-refractivity contribution in [2.24, 2.45) is 0 Å². The minimum absolute atomic E-state index is 0.0829. The molecule has 0 bridgehead atoms. The van der Waals surface area contributed by atoms with Gasteiger partial charge in [-0.25, -0.2) is 0 Å². The van der Waals surface area contributed by atoms with Crippen molar-refractivity contribution in [2.45, 2.75) is 51.2 Å². The maximum Gasteiger partial charge on any atom is 0.234 e. The van der Waals surface area contributed by atoms with Crippen LogP contribution >= 0.6 is 34.7 Å². The molecular weight excluding hydrogens is 424 g/mol. The van der Waals surface area contributed by atoms with E-state index in [4.69, 9.17) is 11.6 Å². The van der Waals surface area contributed by atoms with E-state index in [-0.39, 0.29) is 11.7 Å². The number of carbonyl (C=O) groups excluding carboxylic acids is 1. The smallest absolute Gasteiger partial charge is 0.234 e. The number of benzene rings is 1. The number of carbonyl (C=O) groups is 1. The van der Waals surface area contributed by atoms with Gasteiger partial charge < -0.3 is 9.88 Å². The first kappa shape index (κ1) is 20.4. The Morgan fingerprint density at radius 2 is 2.14 bits per heavy atom. The van der Waals surface area contributed by atoms with Gasteiger partial charge in [0.2, 0.25) is 5.91 Å². The Hall–Kier alpha value is -1.83. The number of rotatable bonds is 6. The fraction of sp³-hybridized carbons (Fsp3) is 0.381. The van der Waals surface area contributed by atoms with Crippen LogP contribution in [-0.2, 0) is 24.2 Å². The Kier molecular flexibility index (Phi) is 6.27. The van der Waals surface area contributed by atoms with Crippen LogP contribution in [0.25, 0.3) is 11.4 Å². The molecule has 0 saturated heterocycles. The molecule has 3 aromatic rings. The monoisotopic (exact) mass is 446 g/mol. The van der Waals surface area contributed by atoms with Crippen LogP contribution in [0.3, 0.4) is 0 Å². The number of aryl methyl sites for hydroxylation is 1. The predicted octanol–water partition coefficient (Wildman–Crippen LogP) is 5.60. The lowest BCUT2D eigenvalue weighted by atomic mass is 9.96. The third-order valence-electron chi connectivity index (χ3n) is 5.21. The molecule has 4 rings (SSSR count). The zero-order chi connectivity index (χ0) is 20.4. The zero-order valence-corrected chi connectivity index (χ0v) is 18.9. The van der Waals surface area contributed by atoms with E-state index in [1.165, 1.54) is 47.0 Å². The first-order valence-corrected chi connectivity index (χ1v) is 12.0. The van der Waals surface area contributed by atoms with E-state index in [0.29, 0.717) is 5.02 Å². The number of nitrogens with zero attached hydrogens (tertiary/aromatic N) is 3. The van der Waals surface area contributed by atoms with Gasteiger partial charge >= 0.3 is 0 Å². The molecule has 1 amide bonds. The summed E-state index contributed by atoms with van der Waals surface area (Å²) < 4.78 is 2.11. The summed E-state index contributed by atoms with van der Waals surface area (Å²) in [4.78, 5) is 13.9. The molecule has 2 aromatic heterocycles. The van der Waals surface area contributed by atoms with E-state index in [0.717, 1.165) is 35.2 Å². The average molecular weight is 447 g/mol. The van der Waals surface area contributed by atoms with E-state index in [9.17, 15) is 4.79 Å². The van der Waals surface area contributed by atoms with Crippen LogP contribution in [0.1, 0.15) is 35.8 Å². The number of thiophene rings is 1. The predicted molar refractivity (Wildman–Crippen MR) is 121 cm³/mol. The molecule has 1 N–H and O–H groups in total. The second-order valence-corrected chi connectivity index (χ2v) is 9.37. The highest BCUT2D eigenvalue weighted by Gasteiger charge is 2.22. The van der Waals surface area contributed by atoms with E-state index in [2.05, 4.69) is 32.4 Å². The largest absolute Gasteiger partial charge is 0.325 e. The summed E-state index contributed by atoms with van der Waals surface area (Å²) in [5.74, 6) is 1.10. The molecule has 1 aliphatic rings. The summed E-state index contributed by atoms with van der Waals surface area (Å²) >= 11 is 9.38. The molecular formula is C21H23ClN4OS2. The molecule has 1 aromatic carbocycles. The van der Waals surface area contributed by atoms with Gasteiger partial charge in [0.15, 0.2) is 11.0 Å². The number of amides is 1. The number of halogens is 1. The molecule has 5 nitrogen and oxygen atoms in total. The summed E-state index contributed by atoms with van der Waals surface area (Å²) in [5, 5.41) is 15.4. The number of anilines is 1. The lowest BCUT2D eigenvalue weighted by Gasteiger charge is -2.13. The lowest BCUT2D eigenvalue weighted by molar-refractivity contribution is -0.113. The molecule has 0 unspecified atom stereocenters. The van der Waals surface area contributed by atoms with Crippen LogP contribution in [0, 0.1) is 6.92 Å². The summed E-state index contributed by atoms with van der Waals surface area (Å²) in [6.07, 6.45) is 4.80. The van der Waals surface area contributed by atoms with Crippen LogP contribution in [0.4, 0.5) is 5.69 Å². The summed E-state index contributed by atoms with van der Waals surface area (Å²) in [6, 6.07) is 5.51. The fourth-order valence-corrected chi connectivity index (χ4v) is 5.72. The maximum absolute atomic E-state index is 12.4. The Morgan fingerprint density at radius 1 is 1.31 bits per heavy atom. The molecule has 29 heavy (non-hydrogen) atoms. The van der Waals surface area contributed by atoms with E-state index < -0.39 is 0 Å². The molecule has 0 atom stereocenters. The van der Waals surface area contributed by atoms with Gasteiger partial charge in [0.1, 0.15) is 0 Å². The van der Waals surface area contributed by atoms with Gasteiger partial charge in [-0.2, -0.15) is 0 Å². The molecule has 2 heterocycles. The van der Waals surface area contributed by atoms with Crippen molar-refractivity contribution in [1.82, 2.24) is 14.8 Å². The third kappa shape index (κ3) is 4.22. The van der Waals surface area contributed by atoms with Gasteiger partial charge in [0.05, 0.1) is 5.75 Å². The van der Waals surface area contributed by atoms with Crippen molar-refractivity contribution < 1.29 is 4.79 Å². The Bertz CT molecular complexity index is 1040. The molecule has 0 fully saturated rings. The number of aromatic nitrogens is 3. The second kappa shape index (κ2) is 8.90. The number of hydrogen-bond acceptors (Lipinski definition) is 5. The lowest BCUT2D eigenvalue weighted by Crippen LogP contribution is -2.15. The molecule has 8 heteroatoms. The first-order valence-electron chi connectivity index (χ1n) is 9.79. The Morgan fingerprint density at radius 3 is 2.97 bits per heavy atom. The van der Waals surface area contributed by atoms with Crippen LogP contribution in [0.2, 0.25) is 5.02 Å². The van der Waals surface area contributed by atoms with Crippen molar-refractivity contribution in [3.05, 3.63) is 44.6 Å². The van der Waals surface area contributed by atoms with Crippen molar-refractivity contribution in [3.63, 3.8) is 0 Å². The van der Waals surface area contributed by atoms with Gasteiger partial charge in [0.25, 0.3) is 0 Å². The van der Waals surface area contributed by atoms with Crippen LogP contribution < -0.4 is 5.32 Å². The topological polar surface area (TPSA) is 59.8 Å². The standard InChI is InChI=1S/C21H23ClN4OS2/c1-3-26-20(15-11-28-18-10-5-4-7-14(15)18)24-25-21(26)29-12-19(27)23-17-9-6-8-16(22)13(17)2/h6,8-9,11H,3-5,7,10,12H2,1-2H3,(H,23,27). The highest BCUT2D eigenvalue weighted by molar-refractivity contribution is 7.99. The van der Waals surface area contributed by atoms with E-state index in [1.807, 2.05) is 36.5 Å². The summed E-state index contributed by atoms with van der Waals surface area (Å²) in [7, 11) is 0.